The van der Waals surface area contributed by atoms with E-state index in [2.05, 4.69) is 5.32 Å². The second kappa shape index (κ2) is 4.19. The van der Waals surface area contributed by atoms with Gasteiger partial charge in [0, 0.05) is 6.04 Å². The number of benzene rings is 1. The number of nitrogens with one attached hydrogen (secondary N) is 1. The van der Waals surface area contributed by atoms with Crippen LogP contribution in [0.3, 0.4) is 0 Å². The normalized spacial score (nSPS) is 21.1. The first-order valence-corrected chi connectivity index (χ1v) is 5.74. The fraction of sp³-hybridized carbons (Fsp3) is 0.286. The molecule has 1 atom stereocenters. The number of carbonyl (C=O) groups excluding carboxylic acids is 1. The summed E-state index contributed by atoms with van der Waals surface area (Å²) in [7, 11) is 0. The van der Waals surface area contributed by atoms with E-state index in [-0.39, 0.29) is 17.7 Å². The summed E-state index contributed by atoms with van der Waals surface area (Å²) in [5, 5.41) is 21.4. The Morgan fingerprint density at radius 2 is 2.22 bits per heavy atom. The third-order valence-electron chi connectivity index (χ3n) is 2.81. The second-order valence-electron chi connectivity index (χ2n) is 4.66. The van der Waals surface area contributed by atoms with Gasteiger partial charge in [-0.1, -0.05) is 12.1 Å². The van der Waals surface area contributed by atoms with E-state index in [0.29, 0.717) is 11.1 Å². The van der Waals surface area contributed by atoms with Gasteiger partial charge in [-0.3, -0.25) is 4.79 Å². The van der Waals surface area contributed by atoms with Gasteiger partial charge in [-0.25, -0.2) is 0 Å². The van der Waals surface area contributed by atoms with E-state index in [9.17, 15) is 15.2 Å². The molecule has 0 aromatic heterocycles. The van der Waals surface area contributed by atoms with Crippen LogP contribution in [0.15, 0.2) is 30.3 Å². The van der Waals surface area contributed by atoms with Crippen molar-refractivity contribution in [1.29, 1.82) is 5.26 Å². The van der Waals surface area contributed by atoms with Crippen LogP contribution in [0.2, 0.25) is 0 Å². The number of amides is 1. The molecule has 0 radical (unpaired) electrons. The van der Waals surface area contributed by atoms with Crippen molar-refractivity contribution < 1.29 is 9.90 Å². The number of phenolic OH excluding ortho intramolecular Hbond substituents is 1. The predicted molar refractivity (Wildman–Crippen MR) is 67.4 cm³/mol. The number of hydrogen-bond acceptors (Lipinski definition) is 3. The third-order valence-corrected chi connectivity index (χ3v) is 2.81. The molecular weight excluding hydrogens is 228 g/mol. The quantitative estimate of drug-likeness (QED) is 0.849. The Morgan fingerprint density at radius 1 is 1.50 bits per heavy atom. The molecule has 0 heterocycles. The summed E-state index contributed by atoms with van der Waals surface area (Å²) < 4.78 is 0. The fourth-order valence-corrected chi connectivity index (χ4v) is 1.87. The Morgan fingerprint density at radius 3 is 2.78 bits per heavy atom. The highest BCUT2D eigenvalue weighted by molar-refractivity contribution is 6.11. The monoisotopic (exact) mass is 242 g/mol. The molecule has 1 aliphatic rings. The molecule has 1 amide bonds. The summed E-state index contributed by atoms with van der Waals surface area (Å²) in [4.78, 5) is 12.0. The highest BCUT2D eigenvalue weighted by Crippen LogP contribution is 2.51. The van der Waals surface area contributed by atoms with Gasteiger partial charge >= 0.3 is 0 Å². The van der Waals surface area contributed by atoms with E-state index in [0.717, 1.165) is 0 Å². The molecular formula is C14H14N2O2. The van der Waals surface area contributed by atoms with E-state index >= 15 is 0 Å². The van der Waals surface area contributed by atoms with Gasteiger partial charge in [0.25, 0.3) is 0 Å². The SMILES string of the molecule is CC(C)NC(=O)[C@]1(C#N)C=C1c1cccc(O)c1. The van der Waals surface area contributed by atoms with Crippen molar-refractivity contribution in [2.75, 3.05) is 0 Å². The van der Waals surface area contributed by atoms with Crippen molar-refractivity contribution in [1.82, 2.24) is 5.32 Å². The van der Waals surface area contributed by atoms with Gasteiger partial charge in [0.1, 0.15) is 5.75 Å². The second-order valence-corrected chi connectivity index (χ2v) is 4.66. The van der Waals surface area contributed by atoms with E-state index in [1.54, 1.807) is 30.3 Å². The number of nitriles is 1. The summed E-state index contributed by atoms with van der Waals surface area (Å²) >= 11 is 0. The van der Waals surface area contributed by atoms with E-state index < -0.39 is 5.41 Å². The van der Waals surface area contributed by atoms with Gasteiger partial charge < -0.3 is 10.4 Å². The van der Waals surface area contributed by atoms with Crippen molar-refractivity contribution in [3.63, 3.8) is 0 Å². The van der Waals surface area contributed by atoms with Crippen molar-refractivity contribution in [2.24, 2.45) is 5.41 Å². The standard InChI is InChI=1S/C14H14N2O2/c1-9(2)16-13(18)14(8-15)7-12(14)10-4-3-5-11(17)6-10/h3-7,9,17H,1-2H3,(H,16,18)/t14-/m0/s1. The Kier molecular flexibility index (Phi) is 2.84. The fourth-order valence-electron chi connectivity index (χ4n) is 1.87. The van der Waals surface area contributed by atoms with Crippen LogP contribution >= 0.6 is 0 Å². The lowest BCUT2D eigenvalue weighted by Gasteiger charge is -2.13. The summed E-state index contributed by atoms with van der Waals surface area (Å²) in [6.07, 6.45) is 1.62. The first-order chi connectivity index (χ1) is 8.49. The average Bonchev–Trinajstić information content (AvgIpc) is 3.04. The Labute approximate surface area is 106 Å². The summed E-state index contributed by atoms with van der Waals surface area (Å²) in [5.74, 6) is -0.185. The van der Waals surface area contributed by atoms with Crippen LogP contribution < -0.4 is 5.32 Å². The minimum atomic E-state index is -1.17. The van der Waals surface area contributed by atoms with Crippen LogP contribution in [0.4, 0.5) is 0 Å². The first kappa shape index (κ1) is 12.2. The number of aromatic hydroxyl groups is 1. The van der Waals surface area contributed by atoms with Crippen LogP contribution in [0.5, 0.6) is 5.75 Å². The molecule has 0 saturated heterocycles. The molecule has 1 aromatic rings. The van der Waals surface area contributed by atoms with Gasteiger partial charge in [0.05, 0.1) is 6.07 Å². The lowest BCUT2D eigenvalue weighted by molar-refractivity contribution is -0.123. The van der Waals surface area contributed by atoms with Gasteiger partial charge in [-0.15, -0.1) is 0 Å². The van der Waals surface area contributed by atoms with Gasteiger partial charge in [0.2, 0.25) is 5.91 Å². The highest BCUT2D eigenvalue weighted by Gasteiger charge is 2.52. The maximum atomic E-state index is 12.0. The van der Waals surface area contributed by atoms with Crippen LogP contribution in [0.1, 0.15) is 19.4 Å². The van der Waals surface area contributed by atoms with E-state index in [4.69, 9.17) is 0 Å². The molecule has 0 fully saturated rings. The van der Waals surface area contributed by atoms with Crippen LogP contribution in [0, 0.1) is 16.7 Å². The highest BCUT2D eigenvalue weighted by atomic mass is 16.3. The predicted octanol–water partition coefficient (Wildman–Crippen LogP) is 1.82. The molecule has 0 unspecified atom stereocenters. The number of hydrogen-bond donors (Lipinski definition) is 2. The molecule has 0 aliphatic heterocycles. The smallest absolute Gasteiger partial charge is 0.249 e. The minimum absolute atomic E-state index is 0.0119. The number of nitrogens with zero attached hydrogens (tertiary/aromatic N) is 1. The lowest BCUT2D eigenvalue weighted by Crippen LogP contribution is -2.37. The Hall–Kier alpha value is -2.28. The Bertz CT molecular complexity index is 569. The van der Waals surface area contributed by atoms with Crippen molar-refractivity contribution in [3.8, 4) is 11.8 Å². The third kappa shape index (κ3) is 1.95. The topological polar surface area (TPSA) is 73.1 Å². The Balaban J connectivity index is 2.22. The van der Waals surface area contributed by atoms with Gasteiger partial charge in [0.15, 0.2) is 5.41 Å². The number of rotatable bonds is 3. The maximum Gasteiger partial charge on any atom is 0.249 e. The van der Waals surface area contributed by atoms with E-state index in [1.807, 2.05) is 19.9 Å². The molecule has 0 spiro atoms. The largest absolute Gasteiger partial charge is 0.508 e. The molecule has 2 N–H and O–H groups in total. The first-order valence-electron chi connectivity index (χ1n) is 5.74. The maximum absolute atomic E-state index is 12.0. The van der Waals surface area contributed by atoms with E-state index in [1.165, 1.54) is 0 Å². The summed E-state index contributed by atoms with van der Waals surface area (Å²) in [6, 6.07) is 8.58. The van der Waals surface area contributed by atoms with Gasteiger partial charge in [-0.05, 0) is 43.2 Å². The van der Waals surface area contributed by atoms with Crippen molar-refractivity contribution in [2.45, 2.75) is 19.9 Å². The molecule has 2 rings (SSSR count). The molecule has 4 nitrogen and oxygen atoms in total. The average molecular weight is 242 g/mol. The zero-order chi connectivity index (χ0) is 13.3. The summed E-state index contributed by atoms with van der Waals surface area (Å²) in [6.45, 7) is 3.69. The van der Waals surface area contributed by atoms with Crippen molar-refractivity contribution >= 4 is 11.5 Å². The molecule has 0 bridgehead atoms. The molecule has 1 aliphatic carbocycles. The number of carbonyl (C=O) groups is 1. The molecule has 0 saturated carbocycles. The van der Waals surface area contributed by atoms with Crippen LogP contribution in [-0.2, 0) is 4.79 Å². The van der Waals surface area contributed by atoms with Crippen molar-refractivity contribution in [3.05, 3.63) is 35.9 Å². The number of phenols is 1. The zero-order valence-electron chi connectivity index (χ0n) is 10.3. The van der Waals surface area contributed by atoms with Crippen LogP contribution in [-0.4, -0.2) is 17.1 Å². The van der Waals surface area contributed by atoms with Gasteiger partial charge in [-0.2, -0.15) is 5.26 Å². The molecule has 4 heteroatoms. The molecule has 18 heavy (non-hydrogen) atoms. The minimum Gasteiger partial charge on any atom is -0.508 e. The lowest BCUT2D eigenvalue weighted by atomic mass is 9.96. The molecule has 92 valence electrons. The van der Waals surface area contributed by atoms with Crippen LogP contribution in [0.25, 0.3) is 5.57 Å². The zero-order valence-corrected chi connectivity index (χ0v) is 10.3. The summed E-state index contributed by atoms with van der Waals surface area (Å²) in [5.41, 5.74) is 0.187. The molecule has 1 aromatic carbocycles.